The Hall–Kier alpha value is -1.35. The van der Waals surface area contributed by atoms with Crippen molar-refractivity contribution in [2.75, 3.05) is 6.54 Å². The highest BCUT2D eigenvalue weighted by Crippen LogP contribution is 2.22. The number of carbonyl (C=O) groups excluding carboxylic acids is 1. The highest BCUT2D eigenvalue weighted by molar-refractivity contribution is 5.83. The Kier molecular flexibility index (Phi) is 4.75. The molecule has 0 spiro atoms. The number of aliphatic hydroxyl groups is 1. The molecule has 0 aliphatic rings. The lowest BCUT2D eigenvalue weighted by molar-refractivity contribution is -0.136. The van der Waals surface area contributed by atoms with E-state index < -0.39 is 5.60 Å². The van der Waals surface area contributed by atoms with Gasteiger partial charge in [0.15, 0.2) is 0 Å². The predicted octanol–water partition coefficient (Wildman–Crippen LogP) is 2.41. The zero-order valence-electron chi connectivity index (χ0n) is 12.6. The second-order valence-corrected chi connectivity index (χ2v) is 6.51. The van der Waals surface area contributed by atoms with E-state index in [2.05, 4.69) is 50.4 Å². The van der Waals surface area contributed by atoms with Gasteiger partial charge >= 0.3 is 0 Å². The average molecular weight is 263 g/mol. The SMILES string of the molecule is CC(C)(O)C(=O)NCCc1ccc(C(C)(C)C)cc1. The maximum atomic E-state index is 11.5. The molecule has 1 aromatic rings. The first kappa shape index (κ1) is 15.7. The van der Waals surface area contributed by atoms with Crippen LogP contribution in [0, 0.1) is 0 Å². The maximum absolute atomic E-state index is 11.5. The third kappa shape index (κ3) is 5.03. The molecule has 0 fully saturated rings. The van der Waals surface area contributed by atoms with Crippen LogP contribution in [-0.4, -0.2) is 23.2 Å². The molecule has 0 aromatic heterocycles. The van der Waals surface area contributed by atoms with Gasteiger partial charge in [0.05, 0.1) is 0 Å². The van der Waals surface area contributed by atoms with Crippen LogP contribution in [0.2, 0.25) is 0 Å². The Labute approximate surface area is 116 Å². The van der Waals surface area contributed by atoms with Gasteiger partial charge in [-0.2, -0.15) is 0 Å². The third-order valence-corrected chi connectivity index (χ3v) is 3.07. The monoisotopic (exact) mass is 263 g/mol. The molecule has 3 heteroatoms. The topological polar surface area (TPSA) is 49.3 Å². The van der Waals surface area contributed by atoms with Crippen molar-refractivity contribution in [3.63, 3.8) is 0 Å². The number of hydrogen-bond donors (Lipinski definition) is 2. The molecular weight excluding hydrogens is 238 g/mol. The van der Waals surface area contributed by atoms with Gasteiger partial charge in [0.2, 0.25) is 0 Å². The van der Waals surface area contributed by atoms with Crippen molar-refractivity contribution < 1.29 is 9.90 Å². The molecule has 2 N–H and O–H groups in total. The van der Waals surface area contributed by atoms with E-state index in [1.165, 1.54) is 25.0 Å². The molecule has 0 aliphatic heterocycles. The quantitative estimate of drug-likeness (QED) is 0.876. The van der Waals surface area contributed by atoms with E-state index in [1.54, 1.807) is 0 Å². The van der Waals surface area contributed by atoms with E-state index in [-0.39, 0.29) is 11.3 Å². The first-order valence-electron chi connectivity index (χ1n) is 6.71. The van der Waals surface area contributed by atoms with E-state index in [0.717, 1.165) is 6.42 Å². The number of hydrogen-bond acceptors (Lipinski definition) is 2. The molecule has 0 atom stereocenters. The molecule has 0 saturated heterocycles. The van der Waals surface area contributed by atoms with Gasteiger partial charge in [0.1, 0.15) is 5.60 Å². The van der Waals surface area contributed by atoms with Gasteiger partial charge in [-0.15, -0.1) is 0 Å². The summed E-state index contributed by atoms with van der Waals surface area (Å²) < 4.78 is 0. The Morgan fingerprint density at radius 3 is 2.05 bits per heavy atom. The minimum Gasteiger partial charge on any atom is -0.381 e. The summed E-state index contributed by atoms with van der Waals surface area (Å²) in [4.78, 5) is 11.5. The fraction of sp³-hybridized carbons (Fsp3) is 0.562. The number of benzene rings is 1. The predicted molar refractivity (Wildman–Crippen MR) is 78.2 cm³/mol. The van der Waals surface area contributed by atoms with Crippen LogP contribution >= 0.6 is 0 Å². The smallest absolute Gasteiger partial charge is 0.251 e. The molecule has 0 saturated carbocycles. The van der Waals surface area contributed by atoms with Gasteiger partial charge < -0.3 is 10.4 Å². The molecule has 1 rings (SSSR count). The molecule has 1 amide bonds. The minimum atomic E-state index is -1.31. The van der Waals surface area contributed by atoms with Gasteiger partial charge in [-0.1, -0.05) is 45.0 Å². The normalized spacial score (nSPS) is 12.3. The molecule has 0 heterocycles. The van der Waals surface area contributed by atoms with Crippen molar-refractivity contribution in [1.29, 1.82) is 0 Å². The van der Waals surface area contributed by atoms with E-state index in [1.807, 2.05) is 0 Å². The number of rotatable bonds is 4. The number of nitrogens with one attached hydrogen (secondary N) is 1. The van der Waals surface area contributed by atoms with Gasteiger partial charge in [0, 0.05) is 6.54 Å². The van der Waals surface area contributed by atoms with E-state index in [4.69, 9.17) is 0 Å². The van der Waals surface area contributed by atoms with Crippen LogP contribution < -0.4 is 5.32 Å². The number of amides is 1. The molecule has 0 radical (unpaired) electrons. The lowest BCUT2D eigenvalue weighted by atomic mass is 9.86. The largest absolute Gasteiger partial charge is 0.381 e. The molecule has 0 aliphatic carbocycles. The molecule has 1 aromatic carbocycles. The van der Waals surface area contributed by atoms with Gasteiger partial charge in [-0.05, 0) is 36.8 Å². The van der Waals surface area contributed by atoms with Crippen LogP contribution in [0.1, 0.15) is 45.7 Å². The summed E-state index contributed by atoms with van der Waals surface area (Å²) in [5.41, 5.74) is 1.34. The van der Waals surface area contributed by atoms with Crippen LogP contribution in [0.15, 0.2) is 24.3 Å². The Morgan fingerprint density at radius 1 is 1.11 bits per heavy atom. The summed E-state index contributed by atoms with van der Waals surface area (Å²) >= 11 is 0. The summed E-state index contributed by atoms with van der Waals surface area (Å²) in [7, 11) is 0. The second kappa shape index (κ2) is 5.74. The van der Waals surface area contributed by atoms with Crippen molar-refractivity contribution in [2.24, 2.45) is 0 Å². The first-order valence-corrected chi connectivity index (χ1v) is 6.71. The fourth-order valence-electron chi connectivity index (χ4n) is 1.71. The van der Waals surface area contributed by atoms with E-state index in [9.17, 15) is 9.90 Å². The summed E-state index contributed by atoms with van der Waals surface area (Å²) in [5.74, 6) is -0.334. The molecule has 106 valence electrons. The van der Waals surface area contributed by atoms with Crippen molar-refractivity contribution >= 4 is 5.91 Å². The fourth-order valence-corrected chi connectivity index (χ4v) is 1.71. The minimum absolute atomic E-state index is 0.160. The van der Waals surface area contributed by atoms with Crippen LogP contribution in [0.4, 0.5) is 0 Å². The highest BCUT2D eigenvalue weighted by Gasteiger charge is 2.22. The summed E-state index contributed by atoms with van der Waals surface area (Å²) in [5, 5.41) is 12.2. The van der Waals surface area contributed by atoms with Crippen molar-refractivity contribution in [3.8, 4) is 0 Å². The summed E-state index contributed by atoms with van der Waals surface area (Å²) in [6, 6.07) is 8.45. The number of carbonyl (C=O) groups is 1. The van der Waals surface area contributed by atoms with Crippen molar-refractivity contribution in [3.05, 3.63) is 35.4 Å². The molecule has 0 unspecified atom stereocenters. The molecule has 19 heavy (non-hydrogen) atoms. The average Bonchev–Trinajstić information content (AvgIpc) is 2.27. The Morgan fingerprint density at radius 2 is 1.63 bits per heavy atom. The third-order valence-electron chi connectivity index (χ3n) is 3.07. The van der Waals surface area contributed by atoms with Gasteiger partial charge in [-0.3, -0.25) is 4.79 Å². The second-order valence-electron chi connectivity index (χ2n) is 6.51. The van der Waals surface area contributed by atoms with E-state index in [0.29, 0.717) is 6.54 Å². The van der Waals surface area contributed by atoms with Crippen LogP contribution in [0.25, 0.3) is 0 Å². The van der Waals surface area contributed by atoms with Crippen LogP contribution in [0.5, 0.6) is 0 Å². The van der Waals surface area contributed by atoms with Gasteiger partial charge in [0.25, 0.3) is 5.91 Å². The van der Waals surface area contributed by atoms with E-state index >= 15 is 0 Å². The zero-order valence-corrected chi connectivity index (χ0v) is 12.6. The molecular formula is C16H25NO2. The zero-order chi connectivity index (χ0) is 14.7. The van der Waals surface area contributed by atoms with Crippen LogP contribution in [-0.2, 0) is 16.6 Å². The molecule has 0 bridgehead atoms. The maximum Gasteiger partial charge on any atom is 0.251 e. The first-order chi connectivity index (χ1) is 8.60. The lowest BCUT2D eigenvalue weighted by Crippen LogP contribution is -2.42. The molecule has 3 nitrogen and oxygen atoms in total. The Bertz CT molecular complexity index is 422. The van der Waals surface area contributed by atoms with Gasteiger partial charge in [-0.25, -0.2) is 0 Å². The summed E-state index contributed by atoms with van der Waals surface area (Å²) in [6.07, 6.45) is 0.770. The van der Waals surface area contributed by atoms with Crippen LogP contribution in [0.3, 0.4) is 0 Å². The standard InChI is InChI=1S/C16H25NO2/c1-15(2,3)13-8-6-12(7-9-13)10-11-17-14(18)16(4,5)19/h6-9,19H,10-11H2,1-5H3,(H,17,18). The Balaban J connectivity index is 2.50. The lowest BCUT2D eigenvalue weighted by Gasteiger charge is -2.19. The van der Waals surface area contributed by atoms with Crippen molar-refractivity contribution in [1.82, 2.24) is 5.32 Å². The summed E-state index contributed by atoms with van der Waals surface area (Å²) in [6.45, 7) is 10.1. The highest BCUT2D eigenvalue weighted by atomic mass is 16.3. The van der Waals surface area contributed by atoms with Crippen molar-refractivity contribution in [2.45, 2.75) is 52.1 Å².